The molecule has 2 atom stereocenters. The van der Waals surface area contributed by atoms with Crippen molar-refractivity contribution >= 4 is 22.4 Å². The predicted molar refractivity (Wildman–Crippen MR) is 113 cm³/mol. The molecule has 0 aliphatic carbocycles. The Morgan fingerprint density at radius 3 is 2.80 bits per heavy atom. The average Bonchev–Trinajstić information content (AvgIpc) is 3.17. The Morgan fingerprint density at radius 2 is 2.10 bits per heavy atom. The molecule has 1 fully saturated rings. The fourth-order valence-corrected chi connectivity index (χ4v) is 3.95. The lowest BCUT2D eigenvalue weighted by Gasteiger charge is -2.21. The predicted octanol–water partition coefficient (Wildman–Crippen LogP) is 3.40. The molecule has 0 spiro atoms. The van der Waals surface area contributed by atoms with Crippen molar-refractivity contribution in [1.29, 1.82) is 5.26 Å². The first-order valence-corrected chi connectivity index (χ1v) is 9.90. The molecular weight excluding hydrogens is 383 g/mol. The van der Waals surface area contributed by atoms with Crippen molar-refractivity contribution in [1.82, 2.24) is 15.2 Å². The second kappa shape index (κ2) is 7.84. The van der Waals surface area contributed by atoms with Gasteiger partial charge in [-0.15, -0.1) is 5.10 Å². The molecule has 0 radical (unpaired) electrons. The topological polar surface area (TPSA) is 98.0 Å². The quantitative estimate of drug-likeness (QED) is 0.685. The Balaban J connectivity index is 1.73. The Bertz CT molecular complexity index is 1160. The number of fused-ring (bicyclic) bond motifs is 1. The molecule has 2 aromatic heterocycles. The van der Waals surface area contributed by atoms with Crippen molar-refractivity contribution in [3.05, 3.63) is 52.6 Å². The van der Waals surface area contributed by atoms with E-state index in [2.05, 4.69) is 25.4 Å². The van der Waals surface area contributed by atoms with Crippen LogP contribution in [0, 0.1) is 31.0 Å². The largest absolute Gasteiger partial charge is 0.391 e. The first-order valence-electron chi connectivity index (χ1n) is 9.90. The number of hydrogen-bond donors (Lipinski definition) is 2. The van der Waals surface area contributed by atoms with Crippen LogP contribution in [0.3, 0.4) is 0 Å². The van der Waals surface area contributed by atoms with Crippen LogP contribution in [0.5, 0.6) is 0 Å². The van der Waals surface area contributed by atoms with Crippen LogP contribution in [0.4, 0.5) is 15.9 Å². The molecule has 3 aromatic rings. The van der Waals surface area contributed by atoms with E-state index in [1.54, 1.807) is 6.20 Å². The van der Waals surface area contributed by atoms with Gasteiger partial charge in [0.15, 0.2) is 5.82 Å². The molecule has 0 bridgehead atoms. The molecule has 4 rings (SSSR count). The summed E-state index contributed by atoms with van der Waals surface area (Å²) in [5, 5.41) is 31.8. The number of hydrogen-bond acceptors (Lipinski definition) is 7. The van der Waals surface area contributed by atoms with E-state index >= 15 is 0 Å². The van der Waals surface area contributed by atoms with Gasteiger partial charge in [0.05, 0.1) is 46.9 Å². The van der Waals surface area contributed by atoms with E-state index in [0.717, 1.165) is 35.1 Å². The summed E-state index contributed by atoms with van der Waals surface area (Å²) in [6.45, 7) is 6.89. The highest BCUT2D eigenvalue weighted by atomic mass is 19.1. The molecule has 1 saturated heterocycles. The summed E-state index contributed by atoms with van der Waals surface area (Å²) in [5.74, 6) is 0.0940. The standard InChI is InChI=1S/C22H23FN6O/c1-12-15(9-24)6-16(23)7-19(12)13(2)26-22-20-8-17(29-5-4-18(30)11-29)10-25-21(20)14(3)27-28-22/h6-8,10,13,18,30H,4-5,11H2,1-3H3,(H,26,28)/t13-,18+/m1/s1. The van der Waals surface area contributed by atoms with E-state index in [-0.39, 0.29) is 12.1 Å². The molecule has 1 aliphatic rings. The van der Waals surface area contributed by atoms with Crippen LogP contribution < -0.4 is 10.2 Å². The maximum absolute atomic E-state index is 14.0. The maximum Gasteiger partial charge on any atom is 0.158 e. The van der Waals surface area contributed by atoms with Crippen LogP contribution in [0.25, 0.3) is 10.9 Å². The zero-order chi connectivity index (χ0) is 21.4. The molecule has 0 saturated carbocycles. The summed E-state index contributed by atoms with van der Waals surface area (Å²) >= 11 is 0. The summed E-state index contributed by atoms with van der Waals surface area (Å²) in [6.07, 6.45) is 2.19. The molecule has 0 unspecified atom stereocenters. The van der Waals surface area contributed by atoms with Crippen LogP contribution in [-0.4, -0.2) is 39.5 Å². The number of rotatable bonds is 4. The van der Waals surface area contributed by atoms with Crippen LogP contribution in [0.2, 0.25) is 0 Å². The minimum absolute atomic E-state index is 0.301. The number of pyridine rings is 1. The number of aliphatic hydroxyl groups excluding tert-OH is 1. The lowest BCUT2D eigenvalue weighted by molar-refractivity contribution is 0.198. The monoisotopic (exact) mass is 406 g/mol. The van der Waals surface area contributed by atoms with Gasteiger partial charge < -0.3 is 15.3 Å². The van der Waals surface area contributed by atoms with E-state index in [9.17, 15) is 14.8 Å². The molecule has 154 valence electrons. The van der Waals surface area contributed by atoms with Gasteiger partial charge in [-0.05, 0) is 56.5 Å². The third-order valence-corrected chi connectivity index (χ3v) is 5.65. The number of β-amino-alcohol motifs (C(OH)–C–C–N with tert-alkyl or cyclic N) is 1. The maximum atomic E-state index is 14.0. The molecule has 7 nitrogen and oxygen atoms in total. The van der Waals surface area contributed by atoms with E-state index < -0.39 is 5.82 Å². The van der Waals surface area contributed by atoms with Gasteiger partial charge in [-0.1, -0.05) is 0 Å². The Hall–Kier alpha value is -3.31. The van der Waals surface area contributed by atoms with Crippen molar-refractivity contribution in [2.24, 2.45) is 0 Å². The number of aryl methyl sites for hydroxylation is 1. The summed E-state index contributed by atoms with van der Waals surface area (Å²) in [6, 6.07) is 6.42. The fraction of sp³-hybridized carbons (Fsp3) is 0.364. The highest BCUT2D eigenvalue weighted by molar-refractivity contribution is 5.92. The van der Waals surface area contributed by atoms with Crippen LogP contribution in [0.1, 0.15) is 41.8 Å². The van der Waals surface area contributed by atoms with E-state index in [1.807, 2.05) is 32.9 Å². The second-order valence-corrected chi connectivity index (χ2v) is 7.76. The number of nitrogens with one attached hydrogen (secondary N) is 1. The number of benzene rings is 1. The van der Waals surface area contributed by atoms with Gasteiger partial charge in [0.2, 0.25) is 0 Å². The minimum Gasteiger partial charge on any atom is -0.391 e. The SMILES string of the molecule is Cc1c(C#N)cc(F)cc1[C@@H](C)Nc1nnc(C)c2ncc(N3CC[C@H](O)C3)cc12. The number of aliphatic hydroxyl groups is 1. The molecule has 0 amide bonds. The van der Waals surface area contributed by atoms with E-state index in [4.69, 9.17) is 0 Å². The van der Waals surface area contributed by atoms with E-state index in [0.29, 0.717) is 29.2 Å². The highest BCUT2D eigenvalue weighted by Gasteiger charge is 2.22. The normalized spacial score (nSPS) is 17.2. The smallest absolute Gasteiger partial charge is 0.158 e. The fourth-order valence-electron chi connectivity index (χ4n) is 3.95. The molecule has 2 N–H and O–H groups in total. The Kier molecular flexibility index (Phi) is 5.22. The van der Waals surface area contributed by atoms with Gasteiger partial charge >= 0.3 is 0 Å². The number of anilines is 2. The summed E-state index contributed by atoms with van der Waals surface area (Å²) in [7, 11) is 0. The van der Waals surface area contributed by atoms with Gasteiger partial charge in [0, 0.05) is 18.5 Å². The molecular formula is C22H23FN6O. The van der Waals surface area contributed by atoms with Crippen molar-refractivity contribution < 1.29 is 9.50 Å². The first-order chi connectivity index (χ1) is 14.4. The Labute approximate surface area is 174 Å². The van der Waals surface area contributed by atoms with Crippen molar-refractivity contribution in [3.63, 3.8) is 0 Å². The van der Waals surface area contributed by atoms with Crippen molar-refractivity contribution in [3.8, 4) is 6.07 Å². The van der Waals surface area contributed by atoms with Crippen LogP contribution in [-0.2, 0) is 0 Å². The summed E-state index contributed by atoms with van der Waals surface area (Å²) in [5.41, 5.74) is 4.09. The third-order valence-electron chi connectivity index (χ3n) is 5.65. The van der Waals surface area contributed by atoms with Gasteiger partial charge in [-0.25, -0.2) is 4.39 Å². The summed E-state index contributed by atoms with van der Waals surface area (Å²) in [4.78, 5) is 6.67. The molecule has 1 aromatic carbocycles. The average molecular weight is 406 g/mol. The van der Waals surface area contributed by atoms with E-state index in [1.165, 1.54) is 12.1 Å². The molecule has 8 heteroatoms. The number of nitrogens with zero attached hydrogens (tertiary/aromatic N) is 5. The van der Waals surface area contributed by atoms with Gasteiger partial charge in [-0.3, -0.25) is 4.98 Å². The first kappa shape index (κ1) is 20.0. The number of halogens is 1. The molecule has 30 heavy (non-hydrogen) atoms. The van der Waals surface area contributed by atoms with Gasteiger partial charge in [0.25, 0.3) is 0 Å². The third kappa shape index (κ3) is 3.64. The highest BCUT2D eigenvalue weighted by Crippen LogP contribution is 2.31. The Morgan fingerprint density at radius 1 is 1.30 bits per heavy atom. The van der Waals surface area contributed by atoms with Gasteiger partial charge in [-0.2, -0.15) is 10.4 Å². The lowest BCUT2D eigenvalue weighted by Crippen LogP contribution is -2.21. The minimum atomic E-state index is -0.447. The van der Waals surface area contributed by atoms with Crippen molar-refractivity contribution in [2.75, 3.05) is 23.3 Å². The number of aromatic nitrogens is 3. The molecule has 1 aliphatic heterocycles. The zero-order valence-electron chi connectivity index (χ0n) is 17.1. The summed E-state index contributed by atoms with van der Waals surface area (Å²) < 4.78 is 14.0. The zero-order valence-corrected chi connectivity index (χ0v) is 17.1. The second-order valence-electron chi connectivity index (χ2n) is 7.76. The van der Waals surface area contributed by atoms with Crippen molar-refractivity contribution in [2.45, 2.75) is 39.3 Å². The van der Waals surface area contributed by atoms with Crippen LogP contribution >= 0.6 is 0 Å². The van der Waals surface area contributed by atoms with Crippen LogP contribution in [0.15, 0.2) is 24.4 Å². The number of nitriles is 1. The lowest BCUT2D eigenvalue weighted by atomic mass is 9.97. The van der Waals surface area contributed by atoms with Gasteiger partial charge in [0.1, 0.15) is 5.82 Å². The molecule has 3 heterocycles.